The average molecular weight is 313 g/mol. The molecule has 1 fully saturated rings. The SMILES string of the molecule is Cn1ccnc1[C@@H](Nc1nc(N)nc2c1CCNCC2)C1CC1. The summed E-state index contributed by atoms with van der Waals surface area (Å²) in [6.45, 7) is 1.89. The molecule has 4 N–H and O–H groups in total. The Morgan fingerprint density at radius 1 is 1.30 bits per heavy atom. The Bertz CT molecular complexity index is 704. The molecule has 1 aliphatic heterocycles. The van der Waals surface area contributed by atoms with E-state index in [1.807, 2.05) is 19.4 Å². The first-order chi connectivity index (χ1) is 11.2. The Morgan fingerprint density at radius 2 is 2.13 bits per heavy atom. The zero-order valence-electron chi connectivity index (χ0n) is 13.4. The van der Waals surface area contributed by atoms with E-state index in [1.165, 1.54) is 18.4 Å². The van der Waals surface area contributed by atoms with Gasteiger partial charge in [0, 0.05) is 38.0 Å². The molecule has 1 aliphatic carbocycles. The van der Waals surface area contributed by atoms with Crippen molar-refractivity contribution in [1.29, 1.82) is 0 Å². The van der Waals surface area contributed by atoms with Crippen LogP contribution in [0.4, 0.5) is 11.8 Å². The van der Waals surface area contributed by atoms with Crippen LogP contribution >= 0.6 is 0 Å². The number of fused-ring (bicyclic) bond motifs is 1. The van der Waals surface area contributed by atoms with E-state index >= 15 is 0 Å². The molecule has 0 radical (unpaired) electrons. The van der Waals surface area contributed by atoms with Crippen LogP contribution in [-0.2, 0) is 19.9 Å². The smallest absolute Gasteiger partial charge is 0.222 e. The fourth-order valence-electron chi connectivity index (χ4n) is 3.33. The Morgan fingerprint density at radius 3 is 2.87 bits per heavy atom. The molecule has 0 bridgehead atoms. The predicted octanol–water partition coefficient (Wildman–Crippen LogP) is 1.04. The Kier molecular flexibility index (Phi) is 3.65. The van der Waals surface area contributed by atoms with Crippen molar-refractivity contribution in [3.63, 3.8) is 0 Å². The summed E-state index contributed by atoms with van der Waals surface area (Å²) in [7, 11) is 2.04. The molecule has 23 heavy (non-hydrogen) atoms. The van der Waals surface area contributed by atoms with Crippen molar-refractivity contribution in [2.24, 2.45) is 13.0 Å². The Hall–Kier alpha value is -2.15. The largest absolute Gasteiger partial charge is 0.368 e. The second-order valence-electron chi connectivity index (χ2n) is 6.46. The summed E-state index contributed by atoms with van der Waals surface area (Å²) in [5, 5.41) is 7.05. The van der Waals surface area contributed by atoms with Crippen LogP contribution in [0.3, 0.4) is 0 Å². The zero-order valence-corrected chi connectivity index (χ0v) is 13.4. The second-order valence-corrected chi connectivity index (χ2v) is 6.46. The van der Waals surface area contributed by atoms with E-state index in [9.17, 15) is 0 Å². The highest BCUT2D eigenvalue weighted by molar-refractivity contribution is 5.51. The molecule has 0 spiro atoms. The number of nitrogens with two attached hydrogens (primary N) is 1. The number of nitrogen functional groups attached to an aromatic ring is 1. The lowest BCUT2D eigenvalue weighted by atomic mass is 10.1. The van der Waals surface area contributed by atoms with Gasteiger partial charge in [-0.25, -0.2) is 9.97 Å². The summed E-state index contributed by atoms with van der Waals surface area (Å²) in [6, 6.07) is 0.185. The van der Waals surface area contributed by atoms with Crippen molar-refractivity contribution in [2.75, 3.05) is 24.1 Å². The minimum Gasteiger partial charge on any atom is -0.368 e. The molecule has 0 saturated heterocycles. The minimum absolute atomic E-state index is 0.185. The molecule has 0 amide bonds. The number of nitrogens with one attached hydrogen (secondary N) is 2. The highest BCUT2D eigenvalue weighted by Gasteiger charge is 2.35. The number of rotatable bonds is 4. The van der Waals surface area contributed by atoms with Gasteiger partial charge in [0.15, 0.2) is 0 Å². The number of hydrogen-bond donors (Lipinski definition) is 3. The van der Waals surface area contributed by atoms with Gasteiger partial charge >= 0.3 is 0 Å². The van der Waals surface area contributed by atoms with E-state index < -0.39 is 0 Å². The second kappa shape index (κ2) is 5.81. The lowest BCUT2D eigenvalue weighted by Crippen LogP contribution is -2.20. The first-order valence-electron chi connectivity index (χ1n) is 8.32. The Balaban J connectivity index is 1.69. The van der Waals surface area contributed by atoms with E-state index in [4.69, 9.17) is 5.73 Å². The molecule has 0 aromatic carbocycles. The summed E-state index contributed by atoms with van der Waals surface area (Å²) in [5.74, 6) is 2.91. The van der Waals surface area contributed by atoms with Crippen molar-refractivity contribution in [1.82, 2.24) is 24.8 Å². The quantitative estimate of drug-likeness (QED) is 0.781. The first kappa shape index (κ1) is 14.4. The summed E-state index contributed by atoms with van der Waals surface area (Å²) in [4.78, 5) is 13.5. The molecule has 2 aromatic heterocycles. The molecule has 7 heteroatoms. The molecule has 1 atom stereocenters. The van der Waals surface area contributed by atoms with Crippen LogP contribution in [0.25, 0.3) is 0 Å². The number of nitrogens with zero attached hydrogens (tertiary/aromatic N) is 4. The van der Waals surface area contributed by atoms with Crippen LogP contribution in [0.2, 0.25) is 0 Å². The number of anilines is 2. The van der Waals surface area contributed by atoms with Crippen LogP contribution < -0.4 is 16.4 Å². The molecule has 1 saturated carbocycles. The van der Waals surface area contributed by atoms with Crippen molar-refractivity contribution >= 4 is 11.8 Å². The molecular formula is C16H23N7. The van der Waals surface area contributed by atoms with Gasteiger partial charge in [-0.2, -0.15) is 4.98 Å². The maximum Gasteiger partial charge on any atom is 0.222 e. The third kappa shape index (κ3) is 2.88. The third-order valence-corrected chi connectivity index (χ3v) is 4.72. The fourth-order valence-corrected chi connectivity index (χ4v) is 3.33. The van der Waals surface area contributed by atoms with E-state index in [1.54, 1.807) is 0 Å². The summed E-state index contributed by atoms with van der Waals surface area (Å²) >= 11 is 0. The van der Waals surface area contributed by atoms with Gasteiger partial charge in [-0.3, -0.25) is 0 Å². The van der Waals surface area contributed by atoms with Crippen LogP contribution in [0.15, 0.2) is 12.4 Å². The Labute approximate surface area is 135 Å². The molecule has 7 nitrogen and oxygen atoms in total. The van der Waals surface area contributed by atoms with Gasteiger partial charge in [0.05, 0.1) is 11.7 Å². The van der Waals surface area contributed by atoms with E-state index in [2.05, 4.69) is 30.2 Å². The normalized spacial score (nSPS) is 19.0. The summed E-state index contributed by atoms with van der Waals surface area (Å²) in [6.07, 6.45) is 8.13. The lowest BCUT2D eigenvalue weighted by Gasteiger charge is -2.21. The van der Waals surface area contributed by atoms with Gasteiger partial charge in [0.1, 0.15) is 11.6 Å². The molecule has 2 aliphatic rings. The lowest BCUT2D eigenvalue weighted by molar-refractivity contribution is 0.603. The van der Waals surface area contributed by atoms with Crippen LogP contribution in [0.1, 0.15) is 36.0 Å². The van der Waals surface area contributed by atoms with Gasteiger partial charge in [0.2, 0.25) is 5.95 Å². The van der Waals surface area contributed by atoms with Gasteiger partial charge in [0.25, 0.3) is 0 Å². The minimum atomic E-state index is 0.185. The number of hydrogen-bond acceptors (Lipinski definition) is 6. The molecule has 4 rings (SSSR count). The zero-order chi connectivity index (χ0) is 15.8. The summed E-state index contributed by atoms with van der Waals surface area (Å²) in [5.41, 5.74) is 8.21. The van der Waals surface area contributed by atoms with Crippen LogP contribution in [-0.4, -0.2) is 32.6 Å². The van der Waals surface area contributed by atoms with E-state index in [0.717, 1.165) is 43.3 Å². The number of aromatic nitrogens is 4. The maximum absolute atomic E-state index is 5.95. The van der Waals surface area contributed by atoms with Crippen LogP contribution in [0, 0.1) is 5.92 Å². The van der Waals surface area contributed by atoms with Gasteiger partial charge in [-0.15, -0.1) is 0 Å². The van der Waals surface area contributed by atoms with Crippen molar-refractivity contribution in [2.45, 2.75) is 31.7 Å². The number of imidazole rings is 1. The van der Waals surface area contributed by atoms with Crippen LogP contribution in [0.5, 0.6) is 0 Å². The summed E-state index contributed by atoms with van der Waals surface area (Å²) < 4.78 is 2.08. The maximum atomic E-state index is 5.95. The first-order valence-corrected chi connectivity index (χ1v) is 8.32. The molecule has 3 heterocycles. The van der Waals surface area contributed by atoms with Gasteiger partial charge in [-0.05, 0) is 31.7 Å². The topological polar surface area (TPSA) is 93.7 Å². The van der Waals surface area contributed by atoms with Crippen molar-refractivity contribution in [3.8, 4) is 0 Å². The van der Waals surface area contributed by atoms with E-state index in [-0.39, 0.29) is 6.04 Å². The molecule has 2 aromatic rings. The fraction of sp³-hybridized carbons (Fsp3) is 0.562. The average Bonchev–Trinajstić information content (AvgIpc) is 3.30. The standard InChI is InChI=1S/C16H23N7/c1-23-9-8-19-15(23)13(10-2-3-10)21-14-11-4-6-18-7-5-12(11)20-16(17)22-14/h8-10,13,18H,2-7H2,1H3,(H3,17,20,21,22)/t13-/m0/s1. The highest BCUT2D eigenvalue weighted by atomic mass is 15.2. The molecule has 0 unspecified atom stereocenters. The van der Waals surface area contributed by atoms with Crippen molar-refractivity contribution in [3.05, 3.63) is 29.5 Å². The van der Waals surface area contributed by atoms with Gasteiger partial charge < -0.3 is 20.9 Å². The van der Waals surface area contributed by atoms with E-state index in [0.29, 0.717) is 11.9 Å². The monoisotopic (exact) mass is 313 g/mol. The highest BCUT2D eigenvalue weighted by Crippen LogP contribution is 2.42. The third-order valence-electron chi connectivity index (χ3n) is 4.72. The van der Waals surface area contributed by atoms with Gasteiger partial charge in [-0.1, -0.05) is 0 Å². The molecule has 122 valence electrons. The predicted molar refractivity (Wildman–Crippen MR) is 89.0 cm³/mol. The molecular weight excluding hydrogens is 290 g/mol. The van der Waals surface area contributed by atoms with Crippen molar-refractivity contribution < 1.29 is 0 Å². The number of aryl methyl sites for hydroxylation is 1.